The van der Waals surface area contributed by atoms with Crippen molar-refractivity contribution in [1.82, 2.24) is 20.4 Å². The monoisotopic (exact) mass is 328 g/mol. The average molecular weight is 328 g/mol. The van der Waals surface area contributed by atoms with Gasteiger partial charge in [-0.1, -0.05) is 30.3 Å². The molecule has 2 atom stereocenters. The second kappa shape index (κ2) is 7.15. The Bertz CT molecular complexity index is 711. The summed E-state index contributed by atoms with van der Waals surface area (Å²) in [5.41, 5.74) is 4.25. The number of amides is 1. The number of carbonyl (C=O) groups is 1. The first-order valence-electron chi connectivity index (χ1n) is 8.30. The molecule has 6 nitrogen and oxygen atoms in total. The lowest BCUT2D eigenvalue weighted by atomic mass is 10.1. The molecule has 128 valence electrons. The van der Waals surface area contributed by atoms with Crippen molar-refractivity contribution in [2.24, 2.45) is 0 Å². The predicted octanol–water partition coefficient (Wildman–Crippen LogP) is 0.887. The Morgan fingerprint density at radius 3 is 2.79 bits per heavy atom. The van der Waals surface area contributed by atoms with Gasteiger partial charge in [0, 0.05) is 24.3 Å². The largest absolute Gasteiger partial charge is 0.392 e. The maximum Gasteiger partial charge on any atom is 0.237 e. The Hall–Kier alpha value is -2.18. The summed E-state index contributed by atoms with van der Waals surface area (Å²) in [5, 5.41) is 20.1. The molecule has 1 fully saturated rings. The Morgan fingerprint density at radius 2 is 2.12 bits per heavy atom. The zero-order chi connectivity index (χ0) is 17.1. The quantitative estimate of drug-likeness (QED) is 0.761. The summed E-state index contributed by atoms with van der Waals surface area (Å²) >= 11 is 0. The van der Waals surface area contributed by atoms with Gasteiger partial charge in [-0.25, -0.2) is 0 Å². The number of β-amino-alcohol motifs (C(OH)–C–C–N with tert-alkyl or cyclic N) is 1. The molecule has 0 spiro atoms. The van der Waals surface area contributed by atoms with E-state index in [0.29, 0.717) is 19.5 Å². The van der Waals surface area contributed by atoms with Crippen molar-refractivity contribution >= 4 is 5.91 Å². The number of aliphatic hydroxyl groups excluding tert-OH is 1. The molecule has 1 aromatic heterocycles. The number of aryl methyl sites for hydroxylation is 1. The molecular weight excluding hydrogens is 304 g/mol. The lowest BCUT2D eigenvalue weighted by Crippen LogP contribution is -2.40. The van der Waals surface area contributed by atoms with Gasteiger partial charge in [-0.05, 0) is 25.8 Å². The van der Waals surface area contributed by atoms with E-state index in [-0.39, 0.29) is 11.9 Å². The first kappa shape index (κ1) is 16.7. The molecule has 3 rings (SSSR count). The van der Waals surface area contributed by atoms with Crippen LogP contribution in [0, 0.1) is 13.8 Å². The predicted molar refractivity (Wildman–Crippen MR) is 91.5 cm³/mol. The molecule has 0 saturated carbocycles. The standard InChI is InChI=1S/C18H24N4O2/c1-12-16(10-20-18(24)17-8-15(23)9-19-17)13(2)22(21-12)11-14-6-4-3-5-7-14/h3-7,15,17,19,23H,8-11H2,1-2H3,(H,20,24)/t15-,17+/m1/s1. The molecule has 24 heavy (non-hydrogen) atoms. The highest BCUT2D eigenvalue weighted by Crippen LogP contribution is 2.15. The SMILES string of the molecule is Cc1nn(Cc2ccccc2)c(C)c1CNC(=O)[C@@H]1C[C@@H](O)CN1. The molecule has 1 aliphatic rings. The zero-order valence-electron chi connectivity index (χ0n) is 14.1. The van der Waals surface area contributed by atoms with Crippen LogP contribution in [-0.4, -0.2) is 39.5 Å². The third-order valence-corrected chi connectivity index (χ3v) is 4.57. The van der Waals surface area contributed by atoms with E-state index in [2.05, 4.69) is 27.9 Å². The van der Waals surface area contributed by atoms with E-state index in [1.165, 1.54) is 5.56 Å². The van der Waals surface area contributed by atoms with Gasteiger partial charge in [-0.3, -0.25) is 9.48 Å². The van der Waals surface area contributed by atoms with Crippen LogP contribution >= 0.6 is 0 Å². The summed E-state index contributed by atoms with van der Waals surface area (Å²) in [6.07, 6.45) is 0.0368. The normalized spacial score (nSPS) is 20.3. The van der Waals surface area contributed by atoms with Crippen molar-refractivity contribution in [3.8, 4) is 0 Å². The molecule has 3 N–H and O–H groups in total. The molecule has 2 heterocycles. The molecule has 1 aromatic carbocycles. The Balaban J connectivity index is 1.65. The van der Waals surface area contributed by atoms with Crippen LogP contribution in [0.5, 0.6) is 0 Å². The molecule has 0 bridgehead atoms. The fraction of sp³-hybridized carbons (Fsp3) is 0.444. The van der Waals surface area contributed by atoms with Gasteiger partial charge in [-0.2, -0.15) is 5.10 Å². The number of benzene rings is 1. The zero-order valence-corrected chi connectivity index (χ0v) is 14.1. The summed E-state index contributed by atoms with van der Waals surface area (Å²) in [4.78, 5) is 12.2. The molecule has 0 aliphatic carbocycles. The lowest BCUT2D eigenvalue weighted by molar-refractivity contribution is -0.123. The van der Waals surface area contributed by atoms with Crippen molar-refractivity contribution in [3.63, 3.8) is 0 Å². The van der Waals surface area contributed by atoms with E-state index in [1.54, 1.807) is 0 Å². The molecule has 0 unspecified atom stereocenters. The van der Waals surface area contributed by atoms with Crippen molar-refractivity contribution in [2.45, 2.75) is 45.5 Å². The van der Waals surface area contributed by atoms with Crippen LogP contribution < -0.4 is 10.6 Å². The van der Waals surface area contributed by atoms with Crippen LogP contribution in [0.25, 0.3) is 0 Å². The molecule has 2 aromatic rings. The highest BCUT2D eigenvalue weighted by molar-refractivity contribution is 5.82. The first-order chi connectivity index (χ1) is 11.5. The molecular formula is C18H24N4O2. The van der Waals surface area contributed by atoms with E-state index in [9.17, 15) is 9.90 Å². The van der Waals surface area contributed by atoms with Crippen molar-refractivity contribution in [1.29, 1.82) is 0 Å². The lowest BCUT2D eigenvalue weighted by Gasteiger charge is -2.11. The van der Waals surface area contributed by atoms with Crippen LogP contribution in [0.4, 0.5) is 0 Å². The minimum absolute atomic E-state index is 0.0684. The average Bonchev–Trinajstić information content (AvgIpc) is 3.11. The van der Waals surface area contributed by atoms with Gasteiger partial charge >= 0.3 is 0 Å². The van der Waals surface area contributed by atoms with E-state index >= 15 is 0 Å². The smallest absolute Gasteiger partial charge is 0.237 e. The van der Waals surface area contributed by atoms with Gasteiger partial charge in [0.1, 0.15) is 0 Å². The van der Waals surface area contributed by atoms with Gasteiger partial charge in [0.05, 0.1) is 24.4 Å². The summed E-state index contributed by atoms with van der Waals surface area (Å²) in [5.74, 6) is -0.0684. The number of aromatic nitrogens is 2. The minimum Gasteiger partial charge on any atom is -0.392 e. The number of nitrogens with one attached hydrogen (secondary N) is 2. The number of carbonyl (C=O) groups excluding carboxylic acids is 1. The van der Waals surface area contributed by atoms with Crippen molar-refractivity contribution in [2.75, 3.05) is 6.54 Å². The maximum absolute atomic E-state index is 12.2. The fourth-order valence-electron chi connectivity index (χ4n) is 3.12. The van der Waals surface area contributed by atoms with Crippen LogP contribution in [0.3, 0.4) is 0 Å². The van der Waals surface area contributed by atoms with Crippen molar-refractivity contribution < 1.29 is 9.90 Å². The molecule has 1 aliphatic heterocycles. The molecule has 1 amide bonds. The minimum atomic E-state index is -0.433. The van der Waals surface area contributed by atoms with Gasteiger partial charge in [0.15, 0.2) is 0 Å². The number of nitrogens with zero attached hydrogens (tertiary/aromatic N) is 2. The number of hydrogen-bond acceptors (Lipinski definition) is 4. The van der Waals surface area contributed by atoms with Gasteiger partial charge in [0.25, 0.3) is 0 Å². The van der Waals surface area contributed by atoms with Crippen LogP contribution in [0.2, 0.25) is 0 Å². The summed E-state index contributed by atoms with van der Waals surface area (Å²) in [6.45, 7) is 5.65. The Morgan fingerprint density at radius 1 is 1.38 bits per heavy atom. The van der Waals surface area contributed by atoms with E-state index < -0.39 is 6.10 Å². The third kappa shape index (κ3) is 3.66. The Kier molecular flexibility index (Phi) is 4.97. The summed E-state index contributed by atoms with van der Waals surface area (Å²) in [6, 6.07) is 9.89. The maximum atomic E-state index is 12.2. The third-order valence-electron chi connectivity index (χ3n) is 4.57. The highest BCUT2D eigenvalue weighted by atomic mass is 16.3. The van der Waals surface area contributed by atoms with Gasteiger partial charge in [-0.15, -0.1) is 0 Å². The van der Waals surface area contributed by atoms with E-state index in [4.69, 9.17) is 0 Å². The molecule has 6 heteroatoms. The Labute approximate surface area is 141 Å². The van der Waals surface area contributed by atoms with Crippen LogP contribution in [0.1, 0.15) is 28.9 Å². The van der Waals surface area contributed by atoms with Crippen LogP contribution in [-0.2, 0) is 17.9 Å². The van der Waals surface area contributed by atoms with E-state index in [1.807, 2.05) is 36.7 Å². The number of aliphatic hydroxyl groups is 1. The molecule has 0 radical (unpaired) electrons. The van der Waals surface area contributed by atoms with Crippen LogP contribution in [0.15, 0.2) is 30.3 Å². The fourth-order valence-corrected chi connectivity index (χ4v) is 3.12. The van der Waals surface area contributed by atoms with E-state index in [0.717, 1.165) is 23.5 Å². The van der Waals surface area contributed by atoms with Gasteiger partial charge < -0.3 is 15.7 Å². The highest BCUT2D eigenvalue weighted by Gasteiger charge is 2.28. The van der Waals surface area contributed by atoms with Gasteiger partial charge in [0.2, 0.25) is 5.91 Å². The number of hydrogen-bond donors (Lipinski definition) is 3. The van der Waals surface area contributed by atoms with Crippen molar-refractivity contribution in [3.05, 3.63) is 52.8 Å². The summed E-state index contributed by atoms with van der Waals surface area (Å²) < 4.78 is 1.98. The first-order valence-corrected chi connectivity index (χ1v) is 8.30. The second-order valence-corrected chi connectivity index (χ2v) is 6.36. The molecule has 1 saturated heterocycles. The topological polar surface area (TPSA) is 79.2 Å². The second-order valence-electron chi connectivity index (χ2n) is 6.36. The summed E-state index contributed by atoms with van der Waals surface area (Å²) in [7, 11) is 0. The number of rotatable bonds is 5.